The number of carbonyl (C=O) groups is 1. The van der Waals surface area contributed by atoms with Crippen LogP contribution in [0.4, 0.5) is 8.78 Å². The smallest absolute Gasteiger partial charge is 0.258 e. The van der Waals surface area contributed by atoms with E-state index in [1.165, 1.54) is 17.7 Å². The number of fused-ring (bicyclic) bond motifs is 1. The van der Waals surface area contributed by atoms with Crippen molar-refractivity contribution in [3.05, 3.63) is 119 Å². The number of nitrogens with one attached hydrogen (secondary N) is 2. The predicted molar refractivity (Wildman–Crippen MR) is 160 cm³/mol. The second-order valence-electron chi connectivity index (χ2n) is 10.3. The highest BCUT2D eigenvalue weighted by molar-refractivity contribution is 5.79. The molecule has 0 fully saturated rings. The van der Waals surface area contributed by atoms with E-state index in [4.69, 9.17) is 9.15 Å². The Morgan fingerprint density at radius 1 is 0.930 bits per heavy atom. The second kappa shape index (κ2) is 14.0. The van der Waals surface area contributed by atoms with Gasteiger partial charge in [-0.15, -0.1) is 0 Å². The molecule has 2 atom stereocenters. The first-order chi connectivity index (χ1) is 20.9. The summed E-state index contributed by atoms with van der Waals surface area (Å²) in [6, 6.07) is 24.9. The van der Waals surface area contributed by atoms with Gasteiger partial charge in [0, 0.05) is 19.2 Å². The van der Waals surface area contributed by atoms with Crippen molar-refractivity contribution in [1.82, 2.24) is 15.6 Å². The Labute approximate surface area is 248 Å². The molecule has 1 heterocycles. The Balaban J connectivity index is 1.25. The first-order valence-electron chi connectivity index (χ1n) is 14.2. The first-order valence-corrected chi connectivity index (χ1v) is 14.2. The zero-order chi connectivity index (χ0) is 30.2. The molecule has 0 spiro atoms. The fourth-order valence-corrected chi connectivity index (χ4v) is 4.88. The van der Waals surface area contributed by atoms with Gasteiger partial charge >= 0.3 is 0 Å². The molecule has 5 aromatic rings. The summed E-state index contributed by atoms with van der Waals surface area (Å²) in [5.41, 5.74) is 4.47. The van der Waals surface area contributed by atoms with Crippen molar-refractivity contribution in [2.24, 2.45) is 0 Å². The normalized spacial score (nSPS) is 12.7. The topological polar surface area (TPSA) is 96.6 Å². The summed E-state index contributed by atoms with van der Waals surface area (Å²) in [4.78, 5) is 17.6. The number of ether oxygens (including phenoxy) is 1. The number of benzene rings is 4. The Morgan fingerprint density at radius 3 is 2.47 bits per heavy atom. The summed E-state index contributed by atoms with van der Waals surface area (Å²) in [6.45, 7) is 2.36. The van der Waals surface area contributed by atoms with Crippen LogP contribution in [0.2, 0.25) is 0 Å². The minimum absolute atomic E-state index is 0.00801. The van der Waals surface area contributed by atoms with Crippen LogP contribution in [0.3, 0.4) is 0 Å². The highest BCUT2D eigenvalue weighted by Gasteiger charge is 2.23. The number of aryl methyl sites for hydroxylation is 1. The van der Waals surface area contributed by atoms with Crippen molar-refractivity contribution in [2.75, 3.05) is 13.2 Å². The summed E-state index contributed by atoms with van der Waals surface area (Å²) in [5.74, 6) is -1.23. The minimum atomic E-state index is -1.06. The number of hydrogen-bond donors (Lipinski definition) is 3. The third-order valence-corrected chi connectivity index (χ3v) is 7.04. The van der Waals surface area contributed by atoms with Gasteiger partial charge in [-0.1, -0.05) is 55.5 Å². The number of nitrogens with zero attached hydrogens (tertiary/aromatic N) is 1. The number of aliphatic hydroxyl groups excluding tert-OH is 1. The second-order valence-corrected chi connectivity index (χ2v) is 10.3. The van der Waals surface area contributed by atoms with Gasteiger partial charge in [-0.3, -0.25) is 4.79 Å². The van der Waals surface area contributed by atoms with Crippen molar-refractivity contribution >= 4 is 17.0 Å². The minimum Gasteiger partial charge on any atom is -0.483 e. The molecule has 0 radical (unpaired) electrons. The number of halogens is 2. The Bertz CT molecular complexity index is 1640. The maximum Gasteiger partial charge on any atom is 0.258 e. The molecule has 1 amide bonds. The van der Waals surface area contributed by atoms with Crippen molar-refractivity contribution in [2.45, 2.75) is 38.5 Å². The number of aromatic nitrogens is 1. The average molecular weight is 586 g/mol. The van der Waals surface area contributed by atoms with E-state index in [-0.39, 0.29) is 19.6 Å². The zero-order valence-corrected chi connectivity index (χ0v) is 23.7. The maximum absolute atomic E-state index is 13.9. The van der Waals surface area contributed by atoms with Gasteiger partial charge in [0.2, 0.25) is 5.89 Å². The van der Waals surface area contributed by atoms with Gasteiger partial charge in [0.15, 0.2) is 12.2 Å². The van der Waals surface area contributed by atoms with Gasteiger partial charge < -0.3 is 24.9 Å². The van der Waals surface area contributed by atoms with Crippen LogP contribution in [-0.2, 0) is 24.2 Å². The van der Waals surface area contributed by atoms with Crippen LogP contribution in [0.25, 0.3) is 22.6 Å². The monoisotopic (exact) mass is 585 g/mol. The fourth-order valence-electron chi connectivity index (χ4n) is 4.88. The molecule has 5 rings (SSSR count). The molecule has 43 heavy (non-hydrogen) atoms. The maximum atomic E-state index is 13.9. The zero-order valence-electron chi connectivity index (χ0n) is 23.7. The Morgan fingerprint density at radius 2 is 1.67 bits per heavy atom. The van der Waals surface area contributed by atoms with E-state index in [2.05, 4.69) is 34.7 Å². The average Bonchev–Trinajstić information content (AvgIpc) is 3.44. The molecule has 0 aliphatic carbocycles. The van der Waals surface area contributed by atoms with Crippen molar-refractivity contribution in [1.29, 1.82) is 0 Å². The molecule has 0 saturated heterocycles. The number of oxazole rings is 1. The van der Waals surface area contributed by atoms with Crippen LogP contribution < -0.4 is 15.4 Å². The van der Waals surface area contributed by atoms with Gasteiger partial charge in [-0.05, 0) is 65.9 Å². The van der Waals surface area contributed by atoms with Gasteiger partial charge in [0.1, 0.15) is 22.9 Å². The third-order valence-electron chi connectivity index (χ3n) is 7.04. The van der Waals surface area contributed by atoms with E-state index in [0.717, 1.165) is 18.1 Å². The molecule has 9 heteroatoms. The van der Waals surface area contributed by atoms with E-state index in [1.54, 1.807) is 18.2 Å². The van der Waals surface area contributed by atoms with E-state index in [1.807, 2.05) is 42.5 Å². The summed E-state index contributed by atoms with van der Waals surface area (Å²) >= 11 is 0. The van der Waals surface area contributed by atoms with E-state index in [9.17, 15) is 18.7 Å². The molecule has 4 aromatic carbocycles. The Kier molecular flexibility index (Phi) is 9.76. The predicted octanol–water partition coefficient (Wildman–Crippen LogP) is 5.59. The largest absolute Gasteiger partial charge is 0.483 e. The van der Waals surface area contributed by atoms with E-state index < -0.39 is 29.7 Å². The number of amides is 1. The molecular formula is C34H33F2N3O4. The van der Waals surface area contributed by atoms with Crippen LogP contribution in [0, 0.1) is 11.6 Å². The summed E-state index contributed by atoms with van der Waals surface area (Å²) < 4.78 is 39.5. The van der Waals surface area contributed by atoms with Gasteiger partial charge in [0.25, 0.3) is 5.91 Å². The van der Waals surface area contributed by atoms with Crippen LogP contribution in [0.15, 0.2) is 95.4 Å². The third kappa shape index (κ3) is 8.03. The van der Waals surface area contributed by atoms with Gasteiger partial charge in [-0.2, -0.15) is 0 Å². The number of aliphatic hydroxyl groups is 1. The van der Waals surface area contributed by atoms with E-state index in [0.29, 0.717) is 40.4 Å². The quantitative estimate of drug-likeness (QED) is 0.167. The number of hydrogen-bond acceptors (Lipinski definition) is 6. The van der Waals surface area contributed by atoms with Gasteiger partial charge in [0.05, 0.1) is 17.7 Å². The highest BCUT2D eigenvalue weighted by Crippen LogP contribution is 2.31. The van der Waals surface area contributed by atoms with Crippen LogP contribution in [0.1, 0.15) is 23.6 Å². The van der Waals surface area contributed by atoms with Gasteiger partial charge in [-0.25, -0.2) is 13.8 Å². The molecule has 0 aliphatic heterocycles. The summed E-state index contributed by atoms with van der Waals surface area (Å²) in [6.07, 6.45) is -0.138. The lowest BCUT2D eigenvalue weighted by atomic mass is 10.0. The molecule has 1 aromatic heterocycles. The summed E-state index contributed by atoms with van der Waals surface area (Å²) in [5, 5.41) is 17.1. The number of para-hydroxylation sites is 3. The van der Waals surface area contributed by atoms with Crippen molar-refractivity contribution in [3.63, 3.8) is 0 Å². The Hall–Kier alpha value is -4.60. The lowest BCUT2D eigenvalue weighted by Crippen LogP contribution is -2.49. The highest BCUT2D eigenvalue weighted by atomic mass is 19.1. The van der Waals surface area contributed by atoms with Crippen molar-refractivity contribution < 1.29 is 27.8 Å². The summed E-state index contributed by atoms with van der Waals surface area (Å²) in [7, 11) is 0. The molecule has 0 bridgehead atoms. The first kappa shape index (κ1) is 29.9. The molecule has 0 aliphatic rings. The lowest BCUT2D eigenvalue weighted by Gasteiger charge is -2.25. The molecule has 222 valence electrons. The molecule has 0 unspecified atom stereocenters. The fraction of sp³-hybridized carbons (Fsp3) is 0.235. The van der Waals surface area contributed by atoms with Crippen LogP contribution in [0.5, 0.6) is 5.75 Å². The SMILES string of the molecule is CCc1cccc(CNC[C@H](O)[C@H](Cc2cc(F)cc(F)c2)NC(=O)COc2ccccc2-c2nc3ccccc3o2)c1. The molecule has 7 nitrogen and oxygen atoms in total. The van der Waals surface area contributed by atoms with Crippen molar-refractivity contribution in [3.8, 4) is 17.2 Å². The number of carbonyl (C=O) groups excluding carboxylic acids is 1. The van der Waals surface area contributed by atoms with Crippen LogP contribution in [-0.4, -0.2) is 41.3 Å². The molecule has 3 N–H and O–H groups in total. The number of rotatable bonds is 13. The molecule has 0 saturated carbocycles. The standard InChI is InChI=1S/C34H33F2N3O4/c1-2-22-8-7-9-23(14-22)19-37-20-30(40)29(17-24-15-25(35)18-26(36)16-24)38-33(41)21-42-31-12-5-3-10-27(31)34-39-28-11-4-6-13-32(28)43-34/h3-16,18,29-30,37,40H,2,17,19-21H2,1H3,(H,38,41)/t29-,30-/m0/s1. The molecular weight excluding hydrogens is 552 g/mol. The lowest BCUT2D eigenvalue weighted by molar-refractivity contribution is -0.124. The van der Waals surface area contributed by atoms with Crippen LogP contribution >= 0.6 is 0 Å². The van der Waals surface area contributed by atoms with E-state index >= 15 is 0 Å².